The zero-order chi connectivity index (χ0) is 14.4. The molecule has 1 heterocycles. The molecule has 1 N–H and O–H groups in total. The van der Waals surface area contributed by atoms with Gasteiger partial charge in [0.25, 0.3) is 10.0 Å². The molecule has 1 aromatic carbocycles. The van der Waals surface area contributed by atoms with Crippen LogP contribution in [0.2, 0.25) is 0 Å². The van der Waals surface area contributed by atoms with E-state index in [1.165, 1.54) is 0 Å². The molecule has 1 aliphatic heterocycles. The smallest absolute Gasteiger partial charge is 0.416 e. The summed E-state index contributed by atoms with van der Waals surface area (Å²) >= 11 is 5.47. The van der Waals surface area contributed by atoms with Crippen molar-refractivity contribution in [3.63, 3.8) is 0 Å². The molecule has 104 valence electrons. The van der Waals surface area contributed by atoms with E-state index in [9.17, 15) is 21.6 Å². The standard InChI is InChI=1S/C9H6ClF3N2O3S/c1-18-5-2-4(9(11,12)13)3-6-7(5)14-8(10)15-19(6,16)17/h2-3H,1H3,(H,14,15). The molecule has 0 fully saturated rings. The molecule has 0 radical (unpaired) electrons. The quantitative estimate of drug-likeness (QED) is 0.808. The first-order valence-corrected chi connectivity index (χ1v) is 6.53. The molecular formula is C9H6ClF3N2O3S. The van der Waals surface area contributed by atoms with Crippen LogP contribution in [0.3, 0.4) is 0 Å². The molecule has 0 spiro atoms. The van der Waals surface area contributed by atoms with Gasteiger partial charge in [-0.2, -0.15) is 21.6 Å². The molecule has 0 bridgehead atoms. The second-order valence-corrected chi connectivity index (χ2v) is 5.46. The number of alkyl halides is 3. The molecule has 2 rings (SSSR count). The summed E-state index contributed by atoms with van der Waals surface area (Å²) in [6.07, 6.45) is -4.71. The molecule has 0 saturated carbocycles. The highest BCUT2D eigenvalue weighted by Gasteiger charge is 2.36. The van der Waals surface area contributed by atoms with Crippen molar-refractivity contribution < 1.29 is 26.3 Å². The molecule has 0 unspecified atom stereocenters. The maximum atomic E-state index is 12.7. The minimum Gasteiger partial charge on any atom is -0.495 e. The summed E-state index contributed by atoms with van der Waals surface area (Å²) in [4.78, 5) is -0.636. The highest BCUT2D eigenvalue weighted by atomic mass is 35.5. The zero-order valence-electron chi connectivity index (χ0n) is 9.25. The number of hydrogen-bond acceptors (Lipinski definition) is 4. The summed E-state index contributed by atoms with van der Waals surface area (Å²) in [5.41, 5.74) is -1.32. The first kappa shape index (κ1) is 13.9. The van der Waals surface area contributed by atoms with Crippen LogP contribution in [0.5, 0.6) is 5.75 Å². The van der Waals surface area contributed by atoms with Crippen LogP contribution in [-0.2, 0) is 16.2 Å². The molecule has 0 aromatic heterocycles. The predicted molar refractivity (Wildman–Crippen MR) is 62.1 cm³/mol. The Kier molecular flexibility index (Phi) is 3.13. The number of hydrogen-bond donors (Lipinski definition) is 1. The number of amidine groups is 1. The largest absolute Gasteiger partial charge is 0.495 e. The molecule has 0 atom stereocenters. The van der Waals surface area contributed by atoms with Gasteiger partial charge in [-0.05, 0) is 23.7 Å². The van der Waals surface area contributed by atoms with E-state index in [4.69, 9.17) is 16.3 Å². The normalized spacial score (nSPS) is 17.2. The third-order valence-electron chi connectivity index (χ3n) is 2.32. The van der Waals surface area contributed by atoms with Crippen LogP contribution in [-0.4, -0.2) is 20.8 Å². The van der Waals surface area contributed by atoms with Crippen LogP contribution in [0.25, 0.3) is 0 Å². The van der Waals surface area contributed by atoms with Crippen molar-refractivity contribution in [1.29, 1.82) is 0 Å². The average Bonchev–Trinajstić information content (AvgIpc) is 2.25. The number of nitrogens with one attached hydrogen (secondary N) is 1. The van der Waals surface area contributed by atoms with E-state index in [1.807, 2.05) is 0 Å². The Morgan fingerprint density at radius 2 is 2.00 bits per heavy atom. The van der Waals surface area contributed by atoms with E-state index in [0.717, 1.165) is 7.11 Å². The summed E-state index contributed by atoms with van der Waals surface area (Å²) in [6, 6.07) is 1.16. The Morgan fingerprint density at radius 1 is 1.37 bits per heavy atom. The average molecular weight is 315 g/mol. The van der Waals surface area contributed by atoms with E-state index < -0.39 is 32.0 Å². The van der Waals surface area contributed by atoms with E-state index >= 15 is 0 Å². The number of anilines is 1. The molecule has 0 amide bonds. The highest BCUT2D eigenvalue weighted by molar-refractivity contribution is 7.90. The Bertz CT molecular complexity index is 670. The van der Waals surface area contributed by atoms with Crippen molar-refractivity contribution in [1.82, 2.24) is 0 Å². The van der Waals surface area contributed by atoms with Gasteiger partial charge in [0.15, 0.2) is 0 Å². The minimum absolute atomic E-state index is 0.171. The fraction of sp³-hybridized carbons (Fsp3) is 0.222. The highest BCUT2D eigenvalue weighted by Crippen LogP contribution is 2.41. The first-order chi connectivity index (χ1) is 8.65. The topological polar surface area (TPSA) is 67.8 Å². The monoisotopic (exact) mass is 314 g/mol. The van der Waals surface area contributed by atoms with Gasteiger partial charge in [-0.3, -0.25) is 0 Å². The Hall–Kier alpha value is -1.48. The van der Waals surface area contributed by atoms with Crippen LogP contribution < -0.4 is 10.1 Å². The SMILES string of the molecule is COc1cc(C(F)(F)F)cc2c1NC(Cl)=NS2(=O)=O. The molecule has 5 nitrogen and oxygen atoms in total. The first-order valence-electron chi connectivity index (χ1n) is 4.72. The van der Waals surface area contributed by atoms with Gasteiger partial charge in [-0.1, -0.05) is 0 Å². The Balaban J connectivity index is 2.77. The molecule has 0 aliphatic carbocycles. The van der Waals surface area contributed by atoms with Crippen LogP contribution in [0.1, 0.15) is 5.56 Å². The number of methoxy groups -OCH3 is 1. The summed E-state index contributed by atoms with van der Waals surface area (Å²) in [5, 5.41) is 1.89. The minimum atomic E-state index is -4.71. The second-order valence-electron chi connectivity index (χ2n) is 3.53. The predicted octanol–water partition coefficient (Wildman–Crippen LogP) is 2.42. The van der Waals surface area contributed by atoms with Gasteiger partial charge in [0.2, 0.25) is 5.29 Å². The summed E-state index contributed by atoms with van der Waals surface area (Å²) in [7, 11) is -3.18. The number of halogens is 4. The molecule has 0 saturated heterocycles. The van der Waals surface area contributed by atoms with Gasteiger partial charge >= 0.3 is 6.18 Å². The second kappa shape index (κ2) is 4.27. The van der Waals surface area contributed by atoms with E-state index in [0.29, 0.717) is 12.1 Å². The van der Waals surface area contributed by atoms with Gasteiger partial charge in [-0.25, -0.2) is 0 Å². The maximum absolute atomic E-state index is 12.7. The third kappa shape index (κ3) is 2.47. The van der Waals surface area contributed by atoms with Gasteiger partial charge < -0.3 is 10.1 Å². The molecule has 1 aromatic rings. The third-order valence-corrected chi connectivity index (χ3v) is 3.90. The number of benzene rings is 1. The Morgan fingerprint density at radius 3 is 2.53 bits per heavy atom. The van der Waals surface area contributed by atoms with Crippen molar-refractivity contribution in [3.8, 4) is 5.75 Å². The molecule has 10 heteroatoms. The van der Waals surface area contributed by atoms with Gasteiger partial charge in [0, 0.05) is 0 Å². The summed E-state index contributed by atoms with van der Waals surface area (Å²) in [6.45, 7) is 0. The molecular weight excluding hydrogens is 309 g/mol. The van der Waals surface area contributed by atoms with E-state index in [-0.39, 0.29) is 11.4 Å². The molecule has 1 aliphatic rings. The maximum Gasteiger partial charge on any atom is 0.416 e. The number of nitrogens with zero attached hydrogens (tertiary/aromatic N) is 1. The van der Waals surface area contributed by atoms with Crippen molar-refractivity contribution in [2.24, 2.45) is 4.40 Å². The van der Waals surface area contributed by atoms with E-state index in [2.05, 4.69) is 9.71 Å². The lowest BCUT2D eigenvalue weighted by Gasteiger charge is -2.19. The summed E-state index contributed by atoms with van der Waals surface area (Å²) < 4.78 is 69.2. The number of fused-ring (bicyclic) bond motifs is 1. The van der Waals surface area contributed by atoms with Crippen LogP contribution >= 0.6 is 11.6 Å². The lowest BCUT2D eigenvalue weighted by atomic mass is 10.2. The zero-order valence-corrected chi connectivity index (χ0v) is 10.8. The lowest BCUT2D eigenvalue weighted by Crippen LogP contribution is -2.19. The fourth-order valence-corrected chi connectivity index (χ4v) is 2.93. The van der Waals surface area contributed by atoms with E-state index in [1.54, 1.807) is 0 Å². The van der Waals surface area contributed by atoms with Crippen molar-refractivity contribution in [2.75, 3.05) is 12.4 Å². The number of ether oxygens (including phenoxy) is 1. The molecule has 19 heavy (non-hydrogen) atoms. The van der Waals surface area contributed by atoms with Crippen molar-refractivity contribution in [2.45, 2.75) is 11.1 Å². The van der Waals surface area contributed by atoms with Crippen LogP contribution in [0.15, 0.2) is 21.4 Å². The van der Waals surface area contributed by atoms with Crippen molar-refractivity contribution in [3.05, 3.63) is 17.7 Å². The summed E-state index contributed by atoms with van der Waals surface area (Å²) in [5.74, 6) is -0.290. The van der Waals surface area contributed by atoms with Gasteiger partial charge in [-0.15, -0.1) is 4.40 Å². The number of sulfonamides is 1. The fourth-order valence-electron chi connectivity index (χ4n) is 1.52. The van der Waals surface area contributed by atoms with Crippen LogP contribution in [0.4, 0.5) is 18.9 Å². The lowest BCUT2D eigenvalue weighted by molar-refractivity contribution is -0.137. The Labute approximate surface area is 111 Å². The number of rotatable bonds is 1. The van der Waals surface area contributed by atoms with Gasteiger partial charge in [0.05, 0.1) is 12.7 Å². The van der Waals surface area contributed by atoms with Crippen LogP contribution in [0, 0.1) is 0 Å². The van der Waals surface area contributed by atoms with Crippen molar-refractivity contribution >= 4 is 32.6 Å². The van der Waals surface area contributed by atoms with Gasteiger partial charge in [0.1, 0.15) is 16.3 Å².